The first-order valence-electron chi connectivity index (χ1n) is 8.17. The number of carbonyl (C=O) groups excluding carboxylic acids is 2. The van der Waals surface area contributed by atoms with Gasteiger partial charge in [-0.1, -0.05) is 28.1 Å². The number of amides is 2. The fraction of sp³-hybridized carbons (Fsp3) is 0.412. The summed E-state index contributed by atoms with van der Waals surface area (Å²) >= 11 is 3.28. The van der Waals surface area contributed by atoms with E-state index in [4.69, 9.17) is 0 Å². The smallest absolute Gasteiger partial charge is 0.243 e. The molecule has 2 unspecified atom stereocenters. The molecule has 0 radical (unpaired) electrons. The van der Waals surface area contributed by atoms with Crippen LogP contribution in [-0.2, 0) is 19.6 Å². The third kappa shape index (κ3) is 2.67. The zero-order chi connectivity index (χ0) is 17.8. The second kappa shape index (κ2) is 6.03. The van der Waals surface area contributed by atoms with Gasteiger partial charge in [0.15, 0.2) is 0 Å². The summed E-state index contributed by atoms with van der Waals surface area (Å²) in [5, 5.41) is 0. The first-order valence-corrected chi connectivity index (χ1v) is 10.4. The molecule has 2 aliphatic heterocycles. The molecular weight excluding hydrogens is 408 g/mol. The van der Waals surface area contributed by atoms with Crippen LogP contribution >= 0.6 is 15.9 Å². The molecule has 0 N–H and O–H groups in total. The fourth-order valence-corrected chi connectivity index (χ4v) is 5.50. The molecule has 0 spiro atoms. The zero-order valence-electron chi connectivity index (χ0n) is 13.3. The second-order valence-corrected chi connectivity index (χ2v) is 9.49. The minimum atomic E-state index is -3.59. The van der Waals surface area contributed by atoms with Crippen LogP contribution in [0.15, 0.2) is 45.8 Å². The van der Waals surface area contributed by atoms with Crippen molar-refractivity contribution < 1.29 is 18.0 Å². The Morgan fingerprint density at radius 3 is 1.96 bits per heavy atom. The maximum Gasteiger partial charge on any atom is 0.243 e. The van der Waals surface area contributed by atoms with Crippen molar-refractivity contribution in [1.29, 1.82) is 0 Å². The summed E-state index contributed by atoms with van der Waals surface area (Å²) < 4.78 is 27.3. The van der Waals surface area contributed by atoms with Crippen LogP contribution in [0.3, 0.4) is 0 Å². The van der Waals surface area contributed by atoms with Crippen molar-refractivity contribution in [3.05, 3.63) is 40.9 Å². The highest BCUT2D eigenvalue weighted by atomic mass is 79.9. The highest BCUT2D eigenvalue weighted by molar-refractivity contribution is 9.10. The molecule has 1 aliphatic carbocycles. The largest absolute Gasteiger partial charge is 0.276 e. The zero-order valence-corrected chi connectivity index (χ0v) is 15.7. The first kappa shape index (κ1) is 16.9. The van der Waals surface area contributed by atoms with Crippen LogP contribution in [-0.4, -0.2) is 48.6 Å². The Hall–Kier alpha value is -1.51. The molecule has 2 saturated heterocycles. The summed E-state index contributed by atoms with van der Waals surface area (Å²) in [7, 11) is -3.59. The Morgan fingerprint density at radius 2 is 1.44 bits per heavy atom. The van der Waals surface area contributed by atoms with E-state index in [1.807, 2.05) is 12.2 Å². The maximum absolute atomic E-state index is 12.6. The average molecular weight is 425 g/mol. The van der Waals surface area contributed by atoms with Crippen molar-refractivity contribution in [2.45, 2.75) is 23.8 Å². The van der Waals surface area contributed by atoms with E-state index in [2.05, 4.69) is 15.9 Å². The molecule has 6 nitrogen and oxygen atoms in total. The third-order valence-electron chi connectivity index (χ3n) is 5.19. The predicted molar refractivity (Wildman–Crippen MR) is 93.9 cm³/mol. The van der Waals surface area contributed by atoms with E-state index in [9.17, 15) is 18.0 Å². The third-order valence-corrected chi connectivity index (χ3v) is 7.56. The second-order valence-electron chi connectivity index (χ2n) is 6.63. The molecule has 2 fully saturated rings. The molecule has 3 aliphatic rings. The number of benzene rings is 1. The van der Waals surface area contributed by atoms with Crippen LogP contribution in [0.4, 0.5) is 0 Å². The molecule has 2 heterocycles. The molecular formula is C17H17BrN2O4S. The fourth-order valence-electron chi connectivity index (χ4n) is 3.72. The van der Waals surface area contributed by atoms with Gasteiger partial charge in [-0.05, 0) is 37.1 Å². The lowest BCUT2D eigenvalue weighted by molar-refractivity contribution is -0.145. The van der Waals surface area contributed by atoms with Gasteiger partial charge in [-0.25, -0.2) is 8.42 Å². The van der Waals surface area contributed by atoms with Gasteiger partial charge in [0.05, 0.1) is 22.8 Å². The molecule has 4 rings (SSSR count). The number of nitrogens with zero attached hydrogens (tertiary/aromatic N) is 2. The summed E-state index contributed by atoms with van der Waals surface area (Å²) in [6, 6.07) is 6.08. The number of carbonyl (C=O) groups is 2. The van der Waals surface area contributed by atoms with Crippen molar-refractivity contribution in [2.75, 3.05) is 13.1 Å². The highest BCUT2D eigenvalue weighted by Gasteiger charge is 2.53. The summed E-state index contributed by atoms with van der Waals surface area (Å²) in [4.78, 5) is 26.6. The minimum Gasteiger partial charge on any atom is -0.276 e. The number of allylic oxidation sites excluding steroid dienone is 2. The number of likely N-dealkylation sites (tertiary alicyclic amines) is 1. The SMILES string of the molecule is O=C1C2CC=CCC2C(=O)N1C1CN(S(=O)(=O)c2ccc(Br)cc2)C1. The average Bonchev–Trinajstić information content (AvgIpc) is 2.79. The quantitative estimate of drug-likeness (QED) is 0.547. The van der Waals surface area contributed by atoms with Crippen LogP contribution < -0.4 is 0 Å². The van der Waals surface area contributed by atoms with E-state index >= 15 is 0 Å². The number of imide groups is 1. The van der Waals surface area contributed by atoms with Crippen molar-refractivity contribution in [3.63, 3.8) is 0 Å². The van der Waals surface area contributed by atoms with Crippen molar-refractivity contribution in [2.24, 2.45) is 11.8 Å². The Balaban J connectivity index is 1.48. The van der Waals surface area contributed by atoms with Gasteiger partial charge >= 0.3 is 0 Å². The van der Waals surface area contributed by atoms with Gasteiger partial charge in [-0.15, -0.1) is 0 Å². The van der Waals surface area contributed by atoms with Gasteiger partial charge < -0.3 is 0 Å². The summed E-state index contributed by atoms with van der Waals surface area (Å²) in [5.41, 5.74) is 0. The van der Waals surface area contributed by atoms with Crippen LogP contribution in [0.2, 0.25) is 0 Å². The van der Waals surface area contributed by atoms with Crippen LogP contribution in [0.1, 0.15) is 12.8 Å². The van der Waals surface area contributed by atoms with Crippen LogP contribution in [0.25, 0.3) is 0 Å². The van der Waals surface area contributed by atoms with Gasteiger partial charge in [-0.3, -0.25) is 14.5 Å². The van der Waals surface area contributed by atoms with Crippen LogP contribution in [0.5, 0.6) is 0 Å². The number of halogens is 1. The summed E-state index contributed by atoms with van der Waals surface area (Å²) in [6.45, 7) is 0.339. The van der Waals surface area contributed by atoms with Gasteiger partial charge in [-0.2, -0.15) is 4.31 Å². The van der Waals surface area contributed by atoms with Crippen molar-refractivity contribution in [1.82, 2.24) is 9.21 Å². The summed E-state index contributed by atoms with van der Waals surface area (Å²) in [6.07, 6.45) is 5.08. The topological polar surface area (TPSA) is 74.8 Å². The number of hydrogen-bond donors (Lipinski definition) is 0. The number of rotatable bonds is 3. The standard InChI is InChI=1S/C17H17BrN2O4S/c18-11-5-7-13(8-6-11)25(23,24)19-9-12(10-19)20-16(21)14-3-1-2-4-15(14)17(20)22/h1-2,5-8,12,14-15H,3-4,9-10H2. The van der Waals surface area contributed by atoms with E-state index < -0.39 is 10.0 Å². The number of fused-ring (bicyclic) bond motifs is 1. The first-order chi connectivity index (χ1) is 11.9. The Bertz CT molecular complexity index is 833. The van der Waals surface area contributed by atoms with E-state index in [-0.39, 0.29) is 47.7 Å². The van der Waals surface area contributed by atoms with E-state index in [0.717, 1.165) is 4.47 Å². The molecule has 2 amide bonds. The molecule has 25 heavy (non-hydrogen) atoms. The lowest BCUT2D eigenvalue weighted by Crippen LogP contribution is -2.62. The molecule has 1 aromatic carbocycles. The molecule has 0 bridgehead atoms. The lowest BCUT2D eigenvalue weighted by Gasteiger charge is -2.42. The molecule has 0 saturated carbocycles. The van der Waals surface area contributed by atoms with E-state index in [0.29, 0.717) is 12.8 Å². The maximum atomic E-state index is 12.6. The normalized spacial score (nSPS) is 27.5. The number of hydrogen-bond acceptors (Lipinski definition) is 4. The monoisotopic (exact) mass is 424 g/mol. The van der Waals surface area contributed by atoms with Crippen molar-refractivity contribution in [3.8, 4) is 0 Å². The Morgan fingerprint density at radius 1 is 0.920 bits per heavy atom. The predicted octanol–water partition coefficient (Wildman–Crippen LogP) is 1.77. The van der Waals surface area contributed by atoms with E-state index in [1.165, 1.54) is 9.21 Å². The van der Waals surface area contributed by atoms with Crippen LogP contribution in [0, 0.1) is 11.8 Å². The molecule has 0 aromatic heterocycles. The van der Waals surface area contributed by atoms with E-state index in [1.54, 1.807) is 24.3 Å². The van der Waals surface area contributed by atoms with Crippen molar-refractivity contribution >= 4 is 37.8 Å². The van der Waals surface area contributed by atoms with Gasteiger partial charge in [0, 0.05) is 17.6 Å². The molecule has 8 heteroatoms. The highest BCUT2D eigenvalue weighted by Crippen LogP contribution is 2.38. The van der Waals surface area contributed by atoms with Gasteiger partial charge in [0.2, 0.25) is 21.8 Å². The van der Waals surface area contributed by atoms with Gasteiger partial charge in [0.25, 0.3) is 0 Å². The molecule has 132 valence electrons. The molecule has 2 atom stereocenters. The molecule has 1 aromatic rings. The lowest BCUT2D eigenvalue weighted by atomic mass is 9.85. The Kier molecular flexibility index (Phi) is 4.09. The number of sulfonamides is 1. The minimum absolute atomic E-state index is 0.148. The Labute approximate surface area is 154 Å². The summed E-state index contributed by atoms with van der Waals surface area (Å²) in [5.74, 6) is -0.834. The van der Waals surface area contributed by atoms with Gasteiger partial charge in [0.1, 0.15) is 0 Å².